The number of hydrogen-bond acceptors (Lipinski definition) is 5. The normalized spacial score (nSPS) is 11.3. The maximum Gasteiger partial charge on any atom is 0.305 e. The molecule has 0 spiro atoms. The molecule has 0 unspecified atom stereocenters. The summed E-state index contributed by atoms with van der Waals surface area (Å²) in [6.45, 7) is -0.215. The first-order valence-electron chi connectivity index (χ1n) is 7.94. The molecule has 1 amide bonds. The number of nitrogens with one attached hydrogen (secondary N) is 1. The molecular weight excluding hydrogens is 338 g/mol. The molecule has 2 N–H and O–H groups in total. The Labute approximate surface area is 151 Å². The Kier molecular flexibility index (Phi) is 6.84. The second-order valence-electron chi connectivity index (χ2n) is 5.43. The number of carbonyl (C=O) groups is 2. The quantitative estimate of drug-likeness (QED) is 0.714. The molecule has 26 heavy (non-hydrogen) atoms. The van der Waals surface area contributed by atoms with E-state index in [4.69, 9.17) is 19.3 Å². The Hall–Kier alpha value is -3.22. The molecule has 2 rings (SSSR count). The van der Waals surface area contributed by atoms with E-state index in [9.17, 15) is 9.59 Å². The highest BCUT2D eigenvalue weighted by Gasteiger charge is 2.20. The fourth-order valence-electron chi connectivity index (χ4n) is 2.40. The van der Waals surface area contributed by atoms with Gasteiger partial charge < -0.3 is 24.6 Å². The van der Waals surface area contributed by atoms with E-state index >= 15 is 0 Å². The molecule has 0 radical (unpaired) electrons. The van der Waals surface area contributed by atoms with Crippen molar-refractivity contribution < 1.29 is 28.9 Å². The standard InChI is InChI=1S/C19H21NO6/c1-24-16-9-8-13(10-17(16)25-2)15(11-19(22)23)20-18(21)12-26-14-6-4-3-5-7-14/h3-10,15H,11-12H2,1-2H3,(H,20,21)(H,22,23)/t15-/m0/s1. The summed E-state index contributed by atoms with van der Waals surface area (Å²) in [5.41, 5.74) is 0.595. The molecular formula is C19H21NO6. The van der Waals surface area contributed by atoms with Crippen LogP contribution in [0.1, 0.15) is 18.0 Å². The minimum Gasteiger partial charge on any atom is -0.493 e. The molecule has 0 saturated heterocycles. The molecule has 7 nitrogen and oxygen atoms in total. The van der Waals surface area contributed by atoms with Gasteiger partial charge in [0.15, 0.2) is 18.1 Å². The van der Waals surface area contributed by atoms with Gasteiger partial charge >= 0.3 is 5.97 Å². The van der Waals surface area contributed by atoms with Gasteiger partial charge in [0.2, 0.25) is 0 Å². The number of carbonyl (C=O) groups excluding carboxylic acids is 1. The van der Waals surface area contributed by atoms with Crippen molar-refractivity contribution in [1.29, 1.82) is 0 Å². The molecule has 7 heteroatoms. The van der Waals surface area contributed by atoms with Crippen LogP contribution in [-0.2, 0) is 9.59 Å². The summed E-state index contributed by atoms with van der Waals surface area (Å²) in [6.07, 6.45) is -0.271. The zero-order valence-corrected chi connectivity index (χ0v) is 14.6. The third-order valence-corrected chi connectivity index (χ3v) is 3.64. The van der Waals surface area contributed by atoms with Gasteiger partial charge in [-0.15, -0.1) is 0 Å². The van der Waals surface area contributed by atoms with Gasteiger partial charge in [-0.1, -0.05) is 24.3 Å². The van der Waals surface area contributed by atoms with Crippen molar-refractivity contribution >= 4 is 11.9 Å². The molecule has 2 aromatic rings. The number of para-hydroxylation sites is 1. The van der Waals surface area contributed by atoms with Crippen molar-refractivity contribution in [3.05, 3.63) is 54.1 Å². The zero-order chi connectivity index (χ0) is 18.9. The zero-order valence-electron chi connectivity index (χ0n) is 14.6. The lowest BCUT2D eigenvalue weighted by Crippen LogP contribution is -2.33. The van der Waals surface area contributed by atoms with Crippen molar-refractivity contribution in [2.75, 3.05) is 20.8 Å². The fourth-order valence-corrected chi connectivity index (χ4v) is 2.40. The molecule has 0 aliphatic carbocycles. The van der Waals surface area contributed by atoms with Crippen LogP contribution in [-0.4, -0.2) is 37.8 Å². The van der Waals surface area contributed by atoms with Crippen LogP contribution in [0.15, 0.2) is 48.5 Å². The average Bonchev–Trinajstić information content (AvgIpc) is 2.65. The first kappa shape index (κ1) is 19.1. The van der Waals surface area contributed by atoms with E-state index in [0.29, 0.717) is 22.8 Å². The predicted octanol–water partition coefficient (Wildman–Crippen LogP) is 2.41. The number of amides is 1. The van der Waals surface area contributed by atoms with Crippen molar-refractivity contribution in [3.63, 3.8) is 0 Å². The lowest BCUT2D eigenvalue weighted by atomic mass is 10.0. The SMILES string of the molecule is COc1ccc([C@H](CC(=O)O)NC(=O)COc2ccccc2)cc1OC. The minimum atomic E-state index is -1.03. The molecule has 1 atom stereocenters. The first-order valence-corrected chi connectivity index (χ1v) is 7.94. The second-order valence-corrected chi connectivity index (χ2v) is 5.43. The van der Waals surface area contributed by atoms with Crippen LogP contribution in [0, 0.1) is 0 Å². The van der Waals surface area contributed by atoms with Gasteiger partial charge in [0.25, 0.3) is 5.91 Å². The summed E-state index contributed by atoms with van der Waals surface area (Å²) < 4.78 is 15.8. The minimum absolute atomic E-state index is 0.215. The lowest BCUT2D eigenvalue weighted by molar-refractivity contribution is -0.137. The van der Waals surface area contributed by atoms with Crippen molar-refractivity contribution in [2.45, 2.75) is 12.5 Å². The number of rotatable bonds is 9. The van der Waals surface area contributed by atoms with Crippen molar-refractivity contribution in [3.8, 4) is 17.2 Å². The Morgan fingerprint density at radius 3 is 2.35 bits per heavy atom. The summed E-state index contributed by atoms with van der Waals surface area (Å²) in [7, 11) is 3.00. The van der Waals surface area contributed by atoms with Gasteiger partial charge in [-0.05, 0) is 29.8 Å². The molecule has 0 aliphatic heterocycles. The van der Waals surface area contributed by atoms with Crippen LogP contribution in [0.25, 0.3) is 0 Å². The van der Waals surface area contributed by atoms with E-state index in [1.165, 1.54) is 14.2 Å². The first-order chi connectivity index (χ1) is 12.5. The van der Waals surface area contributed by atoms with Gasteiger partial charge in [-0.25, -0.2) is 0 Å². The third kappa shape index (κ3) is 5.41. The van der Waals surface area contributed by atoms with Gasteiger partial charge in [-0.2, -0.15) is 0 Å². The van der Waals surface area contributed by atoms with Crippen molar-refractivity contribution in [1.82, 2.24) is 5.32 Å². The Bertz CT molecular complexity index is 747. The Morgan fingerprint density at radius 2 is 1.73 bits per heavy atom. The number of carboxylic acid groups (broad SMARTS) is 1. The number of benzene rings is 2. The second kappa shape index (κ2) is 9.31. The summed E-state index contributed by atoms with van der Waals surface area (Å²) in [4.78, 5) is 23.4. The molecule has 2 aromatic carbocycles. The number of carboxylic acids is 1. The maximum absolute atomic E-state index is 12.2. The smallest absolute Gasteiger partial charge is 0.305 e. The van der Waals surface area contributed by atoms with Crippen molar-refractivity contribution in [2.24, 2.45) is 0 Å². The average molecular weight is 359 g/mol. The third-order valence-electron chi connectivity index (χ3n) is 3.64. The summed E-state index contributed by atoms with van der Waals surface area (Å²) in [6, 6.07) is 13.2. The number of hydrogen-bond donors (Lipinski definition) is 2. The van der Waals surface area contributed by atoms with Crippen LogP contribution in [0.5, 0.6) is 17.2 Å². The van der Waals surface area contributed by atoms with Gasteiger partial charge in [0.05, 0.1) is 26.7 Å². The summed E-state index contributed by atoms with van der Waals surface area (Å²) in [5, 5.41) is 11.8. The number of ether oxygens (including phenoxy) is 3. The highest BCUT2D eigenvalue weighted by atomic mass is 16.5. The summed E-state index contributed by atoms with van der Waals surface area (Å²) >= 11 is 0. The molecule has 0 fully saturated rings. The highest BCUT2D eigenvalue weighted by Crippen LogP contribution is 2.31. The maximum atomic E-state index is 12.2. The lowest BCUT2D eigenvalue weighted by Gasteiger charge is -2.19. The topological polar surface area (TPSA) is 94.1 Å². The van der Waals surface area contributed by atoms with Gasteiger partial charge in [-0.3, -0.25) is 9.59 Å². The monoisotopic (exact) mass is 359 g/mol. The number of methoxy groups -OCH3 is 2. The van der Waals surface area contributed by atoms with Crippen LogP contribution in [0.4, 0.5) is 0 Å². The van der Waals surface area contributed by atoms with Crippen LogP contribution in [0.2, 0.25) is 0 Å². The van der Waals surface area contributed by atoms with E-state index < -0.39 is 17.9 Å². The van der Waals surface area contributed by atoms with E-state index in [-0.39, 0.29) is 13.0 Å². The van der Waals surface area contributed by atoms with E-state index in [1.807, 2.05) is 6.07 Å². The Balaban J connectivity index is 2.09. The molecule has 0 heterocycles. The van der Waals surface area contributed by atoms with Crippen LogP contribution in [0.3, 0.4) is 0 Å². The molecule has 138 valence electrons. The van der Waals surface area contributed by atoms with E-state index in [1.54, 1.807) is 42.5 Å². The molecule has 0 bridgehead atoms. The van der Waals surface area contributed by atoms with Crippen LogP contribution < -0.4 is 19.5 Å². The number of aliphatic carboxylic acids is 1. The molecule has 0 aromatic heterocycles. The predicted molar refractivity (Wildman–Crippen MR) is 94.6 cm³/mol. The molecule has 0 aliphatic rings. The van der Waals surface area contributed by atoms with Crippen LogP contribution >= 0.6 is 0 Å². The van der Waals surface area contributed by atoms with Gasteiger partial charge in [0, 0.05) is 0 Å². The highest BCUT2D eigenvalue weighted by molar-refractivity contribution is 5.79. The largest absolute Gasteiger partial charge is 0.493 e. The van der Waals surface area contributed by atoms with E-state index in [2.05, 4.69) is 5.32 Å². The fraction of sp³-hybridized carbons (Fsp3) is 0.263. The molecule has 0 saturated carbocycles. The summed E-state index contributed by atoms with van der Waals surface area (Å²) in [5.74, 6) is 0.0757. The van der Waals surface area contributed by atoms with E-state index in [0.717, 1.165) is 0 Å². The van der Waals surface area contributed by atoms with Gasteiger partial charge in [0.1, 0.15) is 5.75 Å². The Morgan fingerprint density at radius 1 is 1.04 bits per heavy atom.